The summed E-state index contributed by atoms with van der Waals surface area (Å²) in [5, 5.41) is 12.1. The highest BCUT2D eigenvalue weighted by atomic mass is 32.2. The molecule has 0 aliphatic heterocycles. The number of benzene rings is 2. The first-order chi connectivity index (χ1) is 11.9. The van der Waals surface area contributed by atoms with Crippen molar-refractivity contribution in [2.24, 2.45) is 4.40 Å². The number of hydrogen-bond acceptors (Lipinski definition) is 5. The van der Waals surface area contributed by atoms with Gasteiger partial charge in [0.05, 0.1) is 4.90 Å². The van der Waals surface area contributed by atoms with Crippen molar-refractivity contribution in [3.8, 4) is 0 Å². The van der Waals surface area contributed by atoms with Crippen LogP contribution in [-0.2, 0) is 10.0 Å². The van der Waals surface area contributed by atoms with E-state index in [1.165, 1.54) is 11.3 Å². The summed E-state index contributed by atoms with van der Waals surface area (Å²) in [6.45, 7) is 3.72. The monoisotopic (exact) mass is 372 g/mol. The van der Waals surface area contributed by atoms with Crippen molar-refractivity contribution in [1.29, 1.82) is 0 Å². The molecule has 0 unspecified atom stereocenters. The highest BCUT2D eigenvalue weighted by molar-refractivity contribution is 7.90. The van der Waals surface area contributed by atoms with E-state index in [0.29, 0.717) is 10.7 Å². The van der Waals surface area contributed by atoms with Crippen molar-refractivity contribution in [2.75, 3.05) is 5.32 Å². The predicted molar refractivity (Wildman–Crippen MR) is 99.6 cm³/mol. The van der Waals surface area contributed by atoms with Crippen molar-refractivity contribution >= 4 is 32.3 Å². The van der Waals surface area contributed by atoms with E-state index in [4.69, 9.17) is 0 Å². The van der Waals surface area contributed by atoms with Crippen molar-refractivity contribution in [1.82, 2.24) is 10.2 Å². The number of hydrogen-bond donors (Lipinski definition) is 1. The molecule has 0 saturated carbocycles. The molecule has 0 amide bonds. The zero-order chi connectivity index (χ0) is 17.9. The van der Waals surface area contributed by atoms with Gasteiger partial charge >= 0.3 is 0 Å². The van der Waals surface area contributed by atoms with Gasteiger partial charge in [0.2, 0.25) is 5.13 Å². The molecule has 0 spiro atoms. The lowest BCUT2D eigenvalue weighted by molar-refractivity contribution is 0.598. The minimum atomic E-state index is -3.86. The smallest absolute Gasteiger partial charge is 0.284 e. The summed E-state index contributed by atoms with van der Waals surface area (Å²) in [6.07, 6.45) is 0. The van der Waals surface area contributed by atoms with Crippen LogP contribution in [0.2, 0.25) is 0 Å². The maximum absolute atomic E-state index is 12.7. The fourth-order valence-electron chi connectivity index (χ4n) is 2.08. The lowest BCUT2D eigenvalue weighted by atomic mass is 10.2. The van der Waals surface area contributed by atoms with E-state index < -0.39 is 10.0 Å². The summed E-state index contributed by atoms with van der Waals surface area (Å²) in [7, 11) is -3.86. The normalized spacial score (nSPS) is 12.2. The molecule has 1 aromatic heterocycles. The molecule has 8 heteroatoms. The second-order valence-corrected chi connectivity index (χ2v) is 8.13. The van der Waals surface area contributed by atoms with Gasteiger partial charge in [-0.05, 0) is 26.0 Å². The Hall–Kier alpha value is -2.58. The summed E-state index contributed by atoms with van der Waals surface area (Å²) in [4.78, 5) is 0.141. The third-order valence-corrected chi connectivity index (χ3v) is 5.37. The molecule has 0 fully saturated rings. The molecular weight excluding hydrogens is 356 g/mol. The van der Waals surface area contributed by atoms with Gasteiger partial charge in [0.25, 0.3) is 10.0 Å². The van der Waals surface area contributed by atoms with Gasteiger partial charge in [0.15, 0.2) is 5.84 Å². The van der Waals surface area contributed by atoms with Crippen LogP contribution in [0.1, 0.15) is 16.1 Å². The Morgan fingerprint density at radius 2 is 1.68 bits per heavy atom. The molecule has 3 rings (SSSR count). The fraction of sp³-hybridized carbons (Fsp3) is 0.118. The van der Waals surface area contributed by atoms with Gasteiger partial charge in [-0.25, -0.2) is 0 Å². The van der Waals surface area contributed by atoms with E-state index in [2.05, 4.69) is 19.9 Å². The number of amidine groups is 1. The van der Waals surface area contributed by atoms with Gasteiger partial charge in [-0.2, -0.15) is 8.42 Å². The second kappa shape index (κ2) is 7.12. The van der Waals surface area contributed by atoms with Crippen molar-refractivity contribution in [3.05, 3.63) is 70.7 Å². The van der Waals surface area contributed by atoms with Crippen LogP contribution in [-0.4, -0.2) is 24.5 Å². The minimum Gasteiger partial charge on any atom is -0.314 e. The van der Waals surface area contributed by atoms with Crippen LogP contribution in [0.5, 0.6) is 0 Å². The van der Waals surface area contributed by atoms with Crippen molar-refractivity contribution in [3.63, 3.8) is 0 Å². The Kier molecular flexibility index (Phi) is 4.91. The van der Waals surface area contributed by atoms with Gasteiger partial charge in [0, 0.05) is 5.56 Å². The Balaban J connectivity index is 2.03. The third kappa shape index (κ3) is 4.28. The molecule has 25 heavy (non-hydrogen) atoms. The van der Waals surface area contributed by atoms with E-state index in [9.17, 15) is 8.42 Å². The lowest BCUT2D eigenvalue weighted by Gasteiger charge is -2.08. The molecule has 0 atom stereocenters. The zero-order valence-electron chi connectivity index (χ0n) is 13.7. The first kappa shape index (κ1) is 17.2. The van der Waals surface area contributed by atoms with Gasteiger partial charge in [0.1, 0.15) is 5.01 Å². The van der Waals surface area contributed by atoms with Gasteiger partial charge in [-0.3, -0.25) is 0 Å². The molecule has 6 nitrogen and oxygen atoms in total. The van der Waals surface area contributed by atoms with Crippen LogP contribution >= 0.6 is 11.3 Å². The minimum absolute atomic E-state index is 0.141. The Morgan fingerprint density at radius 3 is 2.28 bits per heavy atom. The molecule has 0 aliphatic rings. The predicted octanol–water partition coefficient (Wildman–Crippen LogP) is 3.40. The third-order valence-electron chi connectivity index (χ3n) is 3.33. The number of aryl methyl sites for hydroxylation is 2. The molecule has 0 aliphatic carbocycles. The molecule has 1 heterocycles. The summed E-state index contributed by atoms with van der Waals surface area (Å²) in [5.41, 5.74) is 1.62. The van der Waals surface area contributed by atoms with E-state index in [1.54, 1.807) is 36.4 Å². The Morgan fingerprint density at radius 1 is 1.00 bits per heavy atom. The first-order valence-electron chi connectivity index (χ1n) is 7.48. The Labute approximate surface area is 150 Å². The summed E-state index contributed by atoms with van der Waals surface area (Å²) in [5.74, 6) is 0.206. The van der Waals surface area contributed by atoms with Gasteiger partial charge in [-0.1, -0.05) is 59.4 Å². The zero-order valence-corrected chi connectivity index (χ0v) is 15.3. The first-order valence-corrected chi connectivity index (χ1v) is 9.74. The van der Waals surface area contributed by atoms with E-state index >= 15 is 0 Å². The average molecular weight is 372 g/mol. The molecular formula is C17H16N4O2S2. The van der Waals surface area contributed by atoms with Crippen molar-refractivity contribution < 1.29 is 8.42 Å². The molecule has 0 bridgehead atoms. The average Bonchev–Trinajstić information content (AvgIpc) is 3.00. The maximum Gasteiger partial charge on any atom is 0.284 e. The standard InChI is InChI=1S/C17H16N4O2S2/c1-12-8-10-15(11-9-12)25(22,23)21-16(14-6-4-3-5-7-14)18-17-20-19-13(2)24-17/h3-11H,1-2H3,(H,18,20,21). The number of anilines is 1. The van der Waals surface area contributed by atoms with E-state index in [1.807, 2.05) is 32.0 Å². The highest BCUT2D eigenvalue weighted by Crippen LogP contribution is 2.18. The Bertz CT molecular complexity index is 995. The highest BCUT2D eigenvalue weighted by Gasteiger charge is 2.16. The van der Waals surface area contributed by atoms with Crippen LogP contribution in [0.15, 0.2) is 63.9 Å². The topological polar surface area (TPSA) is 84.3 Å². The van der Waals surface area contributed by atoms with Crippen LogP contribution in [0.25, 0.3) is 0 Å². The number of nitrogens with one attached hydrogen (secondary N) is 1. The number of nitrogens with zero attached hydrogens (tertiary/aromatic N) is 3. The maximum atomic E-state index is 12.7. The fourth-order valence-corrected chi connectivity index (χ4v) is 3.64. The largest absolute Gasteiger partial charge is 0.314 e. The summed E-state index contributed by atoms with van der Waals surface area (Å²) >= 11 is 1.33. The number of sulfonamides is 1. The van der Waals surface area contributed by atoms with Crippen LogP contribution in [0.4, 0.5) is 5.13 Å². The molecule has 2 aromatic carbocycles. The number of rotatable bonds is 4. The second-order valence-electron chi connectivity index (χ2n) is 5.35. The van der Waals surface area contributed by atoms with Gasteiger partial charge in [-0.15, -0.1) is 14.6 Å². The summed E-state index contributed by atoms with van der Waals surface area (Å²) in [6, 6.07) is 15.6. The molecule has 3 aromatic rings. The molecule has 1 N–H and O–H groups in total. The van der Waals surface area contributed by atoms with E-state index in [-0.39, 0.29) is 10.7 Å². The van der Waals surface area contributed by atoms with Crippen LogP contribution in [0, 0.1) is 13.8 Å². The van der Waals surface area contributed by atoms with Crippen LogP contribution in [0.3, 0.4) is 0 Å². The molecule has 0 saturated heterocycles. The molecule has 128 valence electrons. The lowest BCUT2D eigenvalue weighted by Crippen LogP contribution is -2.16. The SMILES string of the molecule is Cc1ccc(S(=O)(=O)N=C(Nc2nnc(C)s2)c2ccccc2)cc1. The van der Waals surface area contributed by atoms with Gasteiger partial charge < -0.3 is 5.32 Å². The van der Waals surface area contributed by atoms with Crippen LogP contribution < -0.4 is 5.32 Å². The van der Waals surface area contributed by atoms with E-state index in [0.717, 1.165) is 10.6 Å². The molecule has 0 radical (unpaired) electrons. The quantitative estimate of drug-likeness (QED) is 0.560. The summed E-state index contributed by atoms with van der Waals surface area (Å²) < 4.78 is 29.3. The van der Waals surface area contributed by atoms with Crippen molar-refractivity contribution in [2.45, 2.75) is 18.7 Å². The number of aromatic nitrogens is 2.